The van der Waals surface area contributed by atoms with Gasteiger partial charge in [-0.1, -0.05) is 11.6 Å². The van der Waals surface area contributed by atoms with Gasteiger partial charge in [-0.25, -0.2) is 4.79 Å². The third-order valence-corrected chi connectivity index (χ3v) is 2.51. The molecule has 0 aromatic heterocycles. The summed E-state index contributed by atoms with van der Waals surface area (Å²) in [5.74, 6) is -0.426. The molecule has 0 spiro atoms. The molecule has 4 nitrogen and oxygen atoms in total. The minimum absolute atomic E-state index is 0.206. The molecule has 5 heteroatoms. The second kappa shape index (κ2) is 5.89. The number of carbonyl (C=O) groups excluding carboxylic acids is 1. The lowest BCUT2D eigenvalue weighted by Gasteiger charge is -2.15. The van der Waals surface area contributed by atoms with Gasteiger partial charge in [0.1, 0.15) is 5.75 Å². The van der Waals surface area contributed by atoms with Crippen molar-refractivity contribution in [2.75, 3.05) is 13.7 Å². The Morgan fingerprint density at radius 1 is 1.53 bits per heavy atom. The van der Waals surface area contributed by atoms with Gasteiger partial charge < -0.3 is 14.6 Å². The number of halogens is 1. The number of aryl methyl sites for hydroxylation is 1. The number of aliphatic hydroxyl groups excluding tert-OH is 1. The molecule has 1 rings (SSSR count). The Kier molecular flexibility index (Phi) is 4.78. The van der Waals surface area contributed by atoms with Crippen LogP contribution in [0.5, 0.6) is 5.75 Å². The molecule has 1 atom stereocenters. The highest BCUT2D eigenvalue weighted by Crippen LogP contribution is 2.34. The third kappa shape index (κ3) is 3.11. The highest BCUT2D eigenvalue weighted by Gasteiger charge is 2.24. The molecule has 1 unspecified atom stereocenters. The molecule has 1 aromatic carbocycles. The van der Waals surface area contributed by atoms with E-state index in [1.54, 1.807) is 19.1 Å². The smallest absolute Gasteiger partial charge is 0.339 e. The van der Waals surface area contributed by atoms with E-state index in [1.807, 2.05) is 6.92 Å². The van der Waals surface area contributed by atoms with Crippen LogP contribution in [-0.2, 0) is 9.53 Å². The first-order valence-electron chi connectivity index (χ1n) is 5.20. The van der Waals surface area contributed by atoms with Crippen molar-refractivity contribution in [3.63, 3.8) is 0 Å². The van der Waals surface area contributed by atoms with Gasteiger partial charge >= 0.3 is 5.97 Å². The van der Waals surface area contributed by atoms with E-state index in [1.165, 1.54) is 7.11 Å². The highest BCUT2D eigenvalue weighted by molar-refractivity contribution is 6.32. The predicted molar refractivity (Wildman–Crippen MR) is 64.3 cm³/mol. The van der Waals surface area contributed by atoms with Crippen molar-refractivity contribution in [1.82, 2.24) is 0 Å². The van der Waals surface area contributed by atoms with Crippen LogP contribution in [0.25, 0.3) is 0 Å². The quantitative estimate of drug-likeness (QED) is 0.842. The van der Waals surface area contributed by atoms with Gasteiger partial charge in [-0.3, -0.25) is 0 Å². The van der Waals surface area contributed by atoms with Gasteiger partial charge in [-0.2, -0.15) is 0 Å². The zero-order chi connectivity index (χ0) is 13.0. The topological polar surface area (TPSA) is 55.8 Å². The van der Waals surface area contributed by atoms with Crippen molar-refractivity contribution in [2.24, 2.45) is 0 Å². The fourth-order valence-corrected chi connectivity index (χ4v) is 1.88. The highest BCUT2D eigenvalue weighted by atomic mass is 35.5. The van der Waals surface area contributed by atoms with E-state index >= 15 is 0 Å². The minimum atomic E-state index is -1.39. The van der Waals surface area contributed by atoms with Crippen molar-refractivity contribution in [1.29, 1.82) is 0 Å². The van der Waals surface area contributed by atoms with Crippen molar-refractivity contribution in [2.45, 2.75) is 20.0 Å². The lowest BCUT2D eigenvalue weighted by Crippen LogP contribution is -2.16. The maximum absolute atomic E-state index is 11.5. The molecule has 1 aromatic rings. The van der Waals surface area contributed by atoms with Crippen molar-refractivity contribution >= 4 is 17.6 Å². The lowest BCUT2D eigenvalue weighted by atomic mass is 10.1. The van der Waals surface area contributed by atoms with Gasteiger partial charge in [0, 0.05) is 5.56 Å². The van der Waals surface area contributed by atoms with Crippen LogP contribution in [0.15, 0.2) is 12.1 Å². The SMILES string of the molecule is CCOC(=O)C(O)c1cc(C)cc(Cl)c1OC. The molecule has 0 fully saturated rings. The number of carbonyl (C=O) groups is 1. The molecule has 0 heterocycles. The number of esters is 1. The summed E-state index contributed by atoms with van der Waals surface area (Å²) in [7, 11) is 1.43. The molecule has 0 radical (unpaired) electrons. The van der Waals surface area contributed by atoms with Crippen LogP contribution >= 0.6 is 11.6 Å². The van der Waals surface area contributed by atoms with Gasteiger partial charge in [0.25, 0.3) is 0 Å². The molecule has 0 aliphatic rings. The molecule has 0 aliphatic heterocycles. The number of rotatable bonds is 4. The summed E-state index contributed by atoms with van der Waals surface area (Å²) < 4.78 is 9.83. The Morgan fingerprint density at radius 3 is 2.71 bits per heavy atom. The van der Waals surface area contributed by atoms with E-state index in [0.29, 0.717) is 10.6 Å². The van der Waals surface area contributed by atoms with Gasteiger partial charge in [0.2, 0.25) is 0 Å². The first kappa shape index (κ1) is 13.8. The second-order valence-electron chi connectivity index (χ2n) is 3.52. The van der Waals surface area contributed by atoms with Crippen molar-refractivity contribution < 1.29 is 19.4 Å². The Hall–Kier alpha value is -1.26. The number of hydrogen-bond acceptors (Lipinski definition) is 4. The van der Waals surface area contributed by atoms with Gasteiger partial charge in [-0.15, -0.1) is 0 Å². The van der Waals surface area contributed by atoms with E-state index in [-0.39, 0.29) is 12.4 Å². The van der Waals surface area contributed by atoms with Gasteiger partial charge in [0.05, 0.1) is 18.7 Å². The first-order chi connectivity index (χ1) is 8.01. The fourth-order valence-electron chi connectivity index (χ4n) is 1.52. The summed E-state index contributed by atoms with van der Waals surface area (Å²) in [6, 6.07) is 3.34. The first-order valence-corrected chi connectivity index (χ1v) is 5.57. The van der Waals surface area contributed by atoms with Crippen LogP contribution in [0.3, 0.4) is 0 Å². The predicted octanol–water partition coefficient (Wildman–Crippen LogP) is 2.25. The molecule has 0 saturated heterocycles. The molecule has 94 valence electrons. The van der Waals surface area contributed by atoms with Crippen LogP contribution in [0.1, 0.15) is 24.2 Å². The number of hydrogen-bond donors (Lipinski definition) is 1. The summed E-state index contributed by atoms with van der Waals surface area (Å²) in [4.78, 5) is 11.5. The average Bonchev–Trinajstić information content (AvgIpc) is 2.27. The summed E-state index contributed by atoms with van der Waals surface area (Å²) in [5, 5.41) is 10.2. The van der Waals surface area contributed by atoms with Crippen LogP contribution in [0.4, 0.5) is 0 Å². The number of benzene rings is 1. The molecule has 0 aliphatic carbocycles. The largest absolute Gasteiger partial charge is 0.495 e. The van der Waals surface area contributed by atoms with Gasteiger partial charge in [-0.05, 0) is 31.5 Å². The van der Waals surface area contributed by atoms with Crippen molar-refractivity contribution in [3.05, 3.63) is 28.3 Å². The van der Waals surface area contributed by atoms with E-state index < -0.39 is 12.1 Å². The molecule has 17 heavy (non-hydrogen) atoms. The monoisotopic (exact) mass is 258 g/mol. The van der Waals surface area contributed by atoms with E-state index in [0.717, 1.165) is 5.56 Å². The molecule has 0 bridgehead atoms. The van der Waals surface area contributed by atoms with Crippen LogP contribution in [-0.4, -0.2) is 24.8 Å². The molecular weight excluding hydrogens is 244 g/mol. The summed E-state index contributed by atoms with van der Waals surface area (Å²) in [6.45, 7) is 3.69. The van der Waals surface area contributed by atoms with Gasteiger partial charge in [0.15, 0.2) is 6.10 Å². The fraction of sp³-hybridized carbons (Fsp3) is 0.417. The molecule has 0 saturated carbocycles. The molecule has 1 N–H and O–H groups in total. The zero-order valence-electron chi connectivity index (χ0n) is 9.99. The zero-order valence-corrected chi connectivity index (χ0v) is 10.7. The summed E-state index contributed by atoms with van der Waals surface area (Å²) in [5.41, 5.74) is 1.14. The van der Waals surface area contributed by atoms with Crippen molar-refractivity contribution in [3.8, 4) is 5.75 Å². The van der Waals surface area contributed by atoms with Crippen LogP contribution in [0, 0.1) is 6.92 Å². The standard InChI is InChI=1S/C12H15ClO4/c1-4-17-12(15)10(14)8-5-7(2)6-9(13)11(8)16-3/h5-6,10,14H,4H2,1-3H3. The number of aliphatic hydroxyl groups is 1. The third-order valence-electron chi connectivity index (χ3n) is 2.23. The average molecular weight is 259 g/mol. The number of methoxy groups -OCH3 is 1. The minimum Gasteiger partial charge on any atom is -0.495 e. The summed E-state index contributed by atoms with van der Waals surface area (Å²) in [6.07, 6.45) is -1.39. The van der Waals surface area contributed by atoms with E-state index in [2.05, 4.69) is 0 Å². The Morgan fingerprint density at radius 2 is 2.18 bits per heavy atom. The Labute approximate surface area is 105 Å². The number of ether oxygens (including phenoxy) is 2. The molecule has 0 amide bonds. The van der Waals surface area contributed by atoms with E-state index in [4.69, 9.17) is 21.1 Å². The van der Waals surface area contributed by atoms with Crippen LogP contribution in [0.2, 0.25) is 5.02 Å². The summed E-state index contributed by atoms with van der Waals surface area (Å²) >= 11 is 5.97. The Balaban J connectivity index is 3.15. The second-order valence-corrected chi connectivity index (χ2v) is 3.93. The Bertz CT molecular complexity index is 417. The van der Waals surface area contributed by atoms with E-state index in [9.17, 15) is 9.90 Å². The van der Waals surface area contributed by atoms with Crippen LogP contribution < -0.4 is 4.74 Å². The maximum Gasteiger partial charge on any atom is 0.339 e. The normalized spacial score (nSPS) is 12.1. The lowest BCUT2D eigenvalue weighted by molar-refractivity contribution is -0.153. The maximum atomic E-state index is 11.5. The molecular formula is C12H15ClO4.